The maximum absolute atomic E-state index is 13.1. The van der Waals surface area contributed by atoms with Crippen LogP contribution in [0.25, 0.3) is 0 Å². The number of unbranched alkanes of at least 4 members (excludes halogenated alkanes) is 2. The third-order valence-electron chi connectivity index (χ3n) is 10.3. The fraction of sp³-hybridized carbons (Fsp3) is 0.710. The van der Waals surface area contributed by atoms with Gasteiger partial charge in [0.05, 0.1) is 11.5 Å². The van der Waals surface area contributed by atoms with E-state index in [2.05, 4.69) is 13.8 Å². The van der Waals surface area contributed by atoms with Crippen molar-refractivity contribution in [1.82, 2.24) is 0 Å². The number of fused-ring (bicyclic) bond motifs is 3. The van der Waals surface area contributed by atoms with Gasteiger partial charge in [-0.15, -0.1) is 0 Å². The zero-order valence-corrected chi connectivity index (χ0v) is 21.8. The summed E-state index contributed by atoms with van der Waals surface area (Å²) >= 11 is 0. The maximum atomic E-state index is 13.1. The van der Waals surface area contributed by atoms with Crippen LogP contribution in [0.3, 0.4) is 0 Å². The Labute approximate surface area is 212 Å². The molecule has 0 aliphatic heterocycles. The van der Waals surface area contributed by atoms with Crippen LogP contribution in [0.2, 0.25) is 0 Å². The van der Waals surface area contributed by atoms with Gasteiger partial charge in [0.1, 0.15) is 23.5 Å². The molecule has 35 heavy (non-hydrogen) atoms. The lowest BCUT2D eigenvalue weighted by Crippen LogP contribution is -2.53. The number of carbonyl (C=O) groups is 1. The van der Waals surface area contributed by atoms with E-state index in [9.17, 15) is 15.3 Å². The Hall–Kier alpha value is -2.33. The highest BCUT2D eigenvalue weighted by atomic mass is 16.5. The fourth-order valence-corrected chi connectivity index (χ4v) is 8.15. The second kappa shape index (κ2) is 10.7. The van der Waals surface area contributed by atoms with Crippen LogP contribution in [0.15, 0.2) is 18.2 Å². The predicted octanol–water partition coefficient (Wildman–Crippen LogP) is 8.23. The van der Waals surface area contributed by atoms with Crippen molar-refractivity contribution in [2.24, 2.45) is 22.2 Å². The van der Waals surface area contributed by atoms with Gasteiger partial charge in [-0.1, -0.05) is 45.6 Å². The van der Waals surface area contributed by atoms with E-state index in [-0.39, 0.29) is 28.8 Å². The molecule has 0 saturated heterocycles. The van der Waals surface area contributed by atoms with Gasteiger partial charge in [-0.2, -0.15) is 10.5 Å². The van der Waals surface area contributed by atoms with Crippen molar-refractivity contribution < 1.29 is 9.53 Å². The molecule has 0 aromatic heterocycles. The molecule has 1 aromatic rings. The van der Waals surface area contributed by atoms with E-state index in [0.717, 1.165) is 25.7 Å². The molecule has 4 fully saturated rings. The van der Waals surface area contributed by atoms with Crippen LogP contribution in [0.4, 0.5) is 0 Å². The number of hydrogen-bond donors (Lipinski definition) is 0. The highest BCUT2D eigenvalue weighted by Gasteiger charge is 2.58. The number of rotatable bonds is 9. The number of benzene rings is 1. The zero-order chi connectivity index (χ0) is 24.9. The molecule has 0 spiro atoms. The smallest absolute Gasteiger partial charge is 0.314 e. The topological polar surface area (TPSA) is 73.9 Å². The van der Waals surface area contributed by atoms with E-state index >= 15 is 0 Å². The lowest BCUT2D eigenvalue weighted by Gasteiger charge is -2.63. The van der Waals surface area contributed by atoms with Gasteiger partial charge in [0.15, 0.2) is 0 Å². The van der Waals surface area contributed by atoms with E-state index in [1.54, 1.807) is 18.2 Å². The number of carbonyl (C=O) groups excluding carboxylic acids is 1. The highest BCUT2D eigenvalue weighted by Crippen LogP contribution is 2.69. The number of nitrogens with zero attached hydrogens (tertiary/aromatic N) is 2. The third kappa shape index (κ3) is 4.87. The average molecular weight is 475 g/mol. The Morgan fingerprint density at radius 2 is 1.60 bits per heavy atom. The van der Waals surface area contributed by atoms with Gasteiger partial charge < -0.3 is 4.74 Å². The summed E-state index contributed by atoms with van der Waals surface area (Å²) in [6.45, 7) is 4.63. The van der Waals surface area contributed by atoms with Crippen LogP contribution < -0.4 is 4.74 Å². The van der Waals surface area contributed by atoms with Crippen molar-refractivity contribution in [3.8, 4) is 17.9 Å². The molecule has 4 aliphatic rings. The van der Waals surface area contributed by atoms with Crippen LogP contribution in [-0.4, -0.2) is 5.97 Å². The first-order chi connectivity index (χ1) is 17.0. The third-order valence-corrected chi connectivity index (χ3v) is 10.3. The van der Waals surface area contributed by atoms with Crippen LogP contribution in [-0.2, 0) is 4.79 Å². The van der Waals surface area contributed by atoms with Crippen LogP contribution in [0.1, 0.15) is 128 Å². The SMILES string of the molecule is CCCCCC1(C23CCC(CCC)(CC2)CC3)CCC(C(=O)Oc2cccc(C#N)c2C#N)CC1. The van der Waals surface area contributed by atoms with Crippen molar-refractivity contribution >= 4 is 5.97 Å². The summed E-state index contributed by atoms with van der Waals surface area (Å²) in [5.41, 5.74) is 1.88. The molecule has 4 saturated carbocycles. The molecule has 4 nitrogen and oxygen atoms in total. The van der Waals surface area contributed by atoms with Crippen LogP contribution >= 0.6 is 0 Å². The zero-order valence-electron chi connectivity index (χ0n) is 21.8. The number of hydrogen-bond acceptors (Lipinski definition) is 4. The van der Waals surface area contributed by atoms with Crippen LogP contribution in [0.5, 0.6) is 5.75 Å². The van der Waals surface area contributed by atoms with E-state index in [1.807, 2.05) is 12.1 Å². The minimum atomic E-state index is -0.231. The fourth-order valence-electron chi connectivity index (χ4n) is 8.15. The highest BCUT2D eigenvalue weighted by molar-refractivity contribution is 5.76. The minimum Gasteiger partial charge on any atom is -0.425 e. The lowest BCUT2D eigenvalue weighted by atomic mass is 9.42. The summed E-state index contributed by atoms with van der Waals surface area (Å²) in [6, 6.07) is 8.94. The summed E-state index contributed by atoms with van der Waals surface area (Å²) in [5, 5.41) is 18.8. The van der Waals surface area contributed by atoms with E-state index in [0.29, 0.717) is 16.2 Å². The first-order valence-corrected chi connectivity index (χ1v) is 14.1. The van der Waals surface area contributed by atoms with Crippen LogP contribution in [0, 0.1) is 44.8 Å². The molecule has 5 rings (SSSR count). The van der Waals surface area contributed by atoms with Gasteiger partial charge in [0.25, 0.3) is 0 Å². The van der Waals surface area contributed by atoms with Gasteiger partial charge in [-0.25, -0.2) is 0 Å². The van der Waals surface area contributed by atoms with E-state index in [1.165, 1.54) is 77.0 Å². The van der Waals surface area contributed by atoms with Crippen molar-refractivity contribution in [3.63, 3.8) is 0 Å². The second-order valence-corrected chi connectivity index (χ2v) is 11.9. The average Bonchev–Trinajstić information content (AvgIpc) is 2.90. The quantitative estimate of drug-likeness (QED) is 0.205. The first kappa shape index (κ1) is 25.8. The lowest BCUT2D eigenvalue weighted by molar-refractivity contribution is -0.148. The molecule has 4 aliphatic carbocycles. The first-order valence-electron chi connectivity index (χ1n) is 14.1. The summed E-state index contributed by atoms with van der Waals surface area (Å²) in [7, 11) is 0. The Kier molecular flexibility index (Phi) is 7.90. The molecule has 0 atom stereocenters. The molecule has 0 unspecified atom stereocenters. The summed E-state index contributed by atoms with van der Waals surface area (Å²) in [4.78, 5) is 13.1. The molecule has 188 valence electrons. The molecular weight excluding hydrogens is 432 g/mol. The minimum absolute atomic E-state index is 0.116. The number of nitriles is 2. The van der Waals surface area contributed by atoms with Gasteiger partial charge in [-0.05, 0) is 105 Å². The molecular formula is C31H42N2O2. The van der Waals surface area contributed by atoms with Gasteiger partial charge in [-0.3, -0.25) is 4.79 Å². The van der Waals surface area contributed by atoms with E-state index < -0.39 is 0 Å². The predicted molar refractivity (Wildman–Crippen MR) is 138 cm³/mol. The summed E-state index contributed by atoms with van der Waals surface area (Å²) in [6.07, 6.45) is 20.3. The second-order valence-electron chi connectivity index (χ2n) is 11.9. The van der Waals surface area contributed by atoms with Crippen molar-refractivity contribution in [2.45, 2.75) is 117 Å². The molecule has 0 radical (unpaired) electrons. The number of ether oxygens (including phenoxy) is 1. The maximum Gasteiger partial charge on any atom is 0.314 e. The number of esters is 1. The van der Waals surface area contributed by atoms with Gasteiger partial charge in [0, 0.05) is 0 Å². The van der Waals surface area contributed by atoms with Crippen molar-refractivity contribution in [3.05, 3.63) is 29.3 Å². The Morgan fingerprint density at radius 1 is 0.914 bits per heavy atom. The summed E-state index contributed by atoms with van der Waals surface area (Å²) in [5.74, 6) is -0.124. The normalized spacial score (nSPS) is 31.9. The standard InChI is InChI=1S/C31H42N2O2/c1-3-5-6-13-30(31-19-16-29(12-4-2,17-20-31)18-21-31)14-10-24(11-15-30)28(34)35-27-9-7-8-25(22-32)26(27)23-33/h7-9,24H,3-6,10-21H2,1-2H3. The molecule has 1 aromatic carbocycles. The van der Waals surface area contributed by atoms with Gasteiger partial charge in [0.2, 0.25) is 0 Å². The molecule has 0 amide bonds. The summed E-state index contributed by atoms with van der Waals surface area (Å²) < 4.78 is 5.72. The van der Waals surface area contributed by atoms with Crippen molar-refractivity contribution in [2.75, 3.05) is 0 Å². The van der Waals surface area contributed by atoms with Crippen molar-refractivity contribution in [1.29, 1.82) is 10.5 Å². The monoisotopic (exact) mass is 474 g/mol. The molecule has 0 N–H and O–H groups in total. The Bertz CT molecular complexity index is 966. The molecule has 4 heteroatoms. The largest absolute Gasteiger partial charge is 0.425 e. The molecule has 2 bridgehead atoms. The Morgan fingerprint density at radius 3 is 2.17 bits per heavy atom. The Balaban J connectivity index is 1.47. The van der Waals surface area contributed by atoms with Gasteiger partial charge >= 0.3 is 5.97 Å². The molecule has 0 heterocycles. The van der Waals surface area contributed by atoms with E-state index in [4.69, 9.17) is 4.74 Å².